The lowest BCUT2D eigenvalue weighted by Crippen LogP contribution is -2.29. The summed E-state index contributed by atoms with van der Waals surface area (Å²) in [7, 11) is 1.49. The first-order chi connectivity index (χ1) is 11.4. The molecule has 0 aromatic heterocycles. The topological polar surface area (TPSA) is 96.5 Å². The number of benzene rings is 1. The van der Waals surface area contributed by atoms with Gasteiger partial charge in [-0.25, -0.2) is 0 Å². The van der Waals surface area contributed by atoms with E-state index < -0.39 is 0 Å². The highest BCUT2D eigenvalue weighted by Gasteiger charge is 2.38. The Morgan fingerprint density at radius 3 is 2.54 bits per heavy atom. The summed E-state index contributed by atoms with van der Waals surface area (Å²) in [5.74, 6) is 0.641. The highest BCUT2D eigenvalue weighted by atomic mass is 16.5. The Morgan fingerprint density at radius 1 is 1.25 bits per heavy atom. The fraction of sp³-hybridized carbons (Fsp3) is 0.471. The van der Waals surface area contributed by atoms with Gasteiger partial charge in [0.2, 0.25) is 17.7 Å². The molecule has 1 aliphatic carbocycles. The van der Waals surface area contributed by atoms with Crippen LogP contribution in [0.4, 0.5) is 11.4 Å². The van der Waals surface area contributed by atoms with Crippen molar-refractivity contribution >= 4 is 29.1 Å². The maximum Gasteiger partial charge on any atom is 0.226 e. The van der Waals surface area contributed by atoms with Crippen molar-refractivity contribution in [3.63, 3.8) is 0 Å². The first kappa shape index (κ1) is 17.8. The van der Waals surface area contributed by atoms with Crippen LogP contribution in [0.15, 0.2) is 18.2 Å². The van der Waals surface area contributed by atoms with E-state index in [2.05, 4.69) is 16.0 Å². The van der Waals surface area contributed by atoms with Crippen LogP contribution in [0.5, 0.6) is 5.75 Å². The maximum atomic E-state index is 11.9. The Hall–Kier alpha value is -2.57. The van der Waals surface area contributed by atoms with Crippen LogP contribution in [0.1, 0.15) is 26.7 Å². The summed E-state index contributed by atoms with van der Waals surface area (Å²) in [6.45, 7) is 3.76. The molecule has 24 heavy (non-hydrogen) atoms. The zero-order valence-corrected chi connectivity index (χ0v) is 14.1. The molecular weight excluding hydrogens is 310 g/mol. The lowest BCUT2D eigenvalue weighted by atomic mass is 10.2. The average Bonchev–Trinajstić information content (AvgIpc) is 3.25. The number of methoxy groups -OCH3 is 1. The predicted molar refractivity (Wildman–Crippen MR) is 90.8 cm³/mol. The lowest BCUT2D eigenvalue weighted by Gasteiger charge is -2.12. The van der Waals surface area contributed by atoms with Crippen molar-refractivity contribution in [3.05, 3.63) is 18.2 Å². The summed E-state index contributed by atoms with van der Waals surface area (Å²) < 4.78 is 5.20. The van der Waals surface area contributed by atoms with Gasteiger partial charge in [0, 0.05) is 37.6 Å². The van der Waals surface area contributed by atoms with Gasteiger partial charge in [-0.1, -0.05) is 6.92 Å². The summed E-state index contributed by atoms with van der Waals surface area (Å²) in [6, 6.07) is 4.97. The third-order valence-corrected chi connectivity index (χ3v) is 3.89. The molecule has 0 heterocycles. The van der Waals surface area contributed by atoms with Crippen molar-refractivity contribution in [3.8, 4) is 5.75 Å². The second-order valence-corrected chi connectivity index (χ2v) is 6.00. The van der Waals surface area contributed by atoms with Gasteiger partial charge in [-0.15, -0.1) is 0 Å². The molecule has 2 atom stereocenters. The maximum absolute atomic E-state index is 11.9. The van der Waals surface area contributed by atoms with Gasteiger partial charge in [-0.3, -0.25) is 14.4 Å². The van der Waals surface area contributed by atoms with Crippen molar-refractivity contribution in [2.75, 3.05) is 24.3 Å². The number of carbonyl (C=O) groups excluding carboxylic acids is 3. The van der Waals surface area contributed by atoms with Crippen LogP contribution in [0.2, 0.25) is 0 Å². The second-order valence-electron chi connectivity index (χ2n) is 6.00. The molecule has 1 aromatic carbocycles. The van der Waals surface area contributed by atoms with Gasteiger partial charge in [0.05, 0.1) is 12.8 Å². The number of ether oxygens (including phenoxy) is 1. The second kappa shape index (κ2) is 7.81. The molecule has 1 saturated carbocycles. The Labute approximate surface area is 141 Å². The molecular formula is C17H23N3O4. The molecule has 3 amide bonds. The molecule has 130 valence electrons. The molecule has 1 aliphatic rings. The van der Waals surface area contributed by atoms with Crippen molar-refractivity contribution in [2.24, 2.45) is 11.8 Å². The van der Waals surface area contributed by atoms with E-state index in [1.807, 2.05) is 6.92 Å². The average molecular weight is 333 g/mol. The monoisotopic (exact) mass is 333 g/mol. The molecule has 0 bridgehead atoms. The Morgan fingerprint density at radius 2 is 1.96 bits per heavy atom. The minimum Gasteiger partial charge on any atom is -0.494 e. The number of amides is 3. The van der Waals surface area contributed by atoms with Crippen LogP contribution in [0.3, 0.4) is 0 Å². The molecule has 1 aromatic rings. The third-order valence-electron chi connectivity index (χ3n) is 3.89. The van der Waals surface area contributed by atoms with Crippen molar-refractivity contribution < 1.29 is 19.1 Å². The van der Waals surface area contributed by atoms with E-state index in [4.69, 9.17) is 4.74 Å². The van der Waals surface area contributed by atoms with Gasteiger partial charge in [0.25, 0.3) is 0 Å². The fourth-order valence-electron chi connectivity index (χ4n) is 2.40. The zero-order valence-electron chi connectivity index (χ0n) is 14.1. The minimum absolute atomic E-state index is 0.0247. The minimum atomic E-state index is -0.203. The molecule has 3 N–H and O–H groups in total. The number of rotatable bonds is 7. The van der Waals surface area contributed by atoms with Gasteiger partial charge in [-0.05, 0) is 24.5 Å². The lowest BCUT2D eigenvalue weighted by molar-refractivity contribution is -0.122. The van der Waals surface area contributed by atoms with E-state index >= 15 is 0 Å². The van der Waals surface area contributed by atoms with E-state index in [9.17, 15) is 14.4 Å². The van der Waals surface area contributed by atoms with Crippen molar-refractivity contribution in [1.29, 1.82) is 0 Å². The molecule has 1 fully saturated rings. The van der Waals surface area contributed by atoms with Crippen molar-refractivity contribution in [1.82, 2.24) is 5.32 Å². The number of carbonyl (C=O) groups is 3. The first-order valence-corrected chi connectivity index (χ1v) is 7.94. The van der Waals surface area contributed by atoms with Gasteiger partial charge in [0.1, 0.15) is 5.75 Å². The Balaban J connectivity index is 1.82. The van der Waals surface area contributed by atoms with E-state index in [0.717, 1.165) is 6.42 Å². The molecule has 7 heteroatoms. The SMILES string of the molecule is COc1cc(NC(=O)CCNC(=O)[C@H]2C[C@H]2C)ccc1NC(C)=O. The molecule has 0 saturated heterocycles. The summed E-state index contributed by atoms with van der Waals surface area (Å²) in [6.07, 6.45) is 1.13. The van der Waals surface area contributed by atoms with Crippen LogP contribution >= 0.6 is 0 Å². The number of nitrogens with one attached hydrogen (secondary N) is 3. The molecule has 2 rings (SSSR count). The molecule has 0 aliphatic heterocycles. The van der Waals surface area contributed by atoms with E-state index in [0.29, 0.717) is 29.6 Å². The van der Waals surface area contributed by atoms with Crippen molar-refractivity contribution in [2.45, 2.75) is 26.7 Å². The highest BCUT2D eigenvalue weighted by Crippen LogP contribution is 2.37. The number of anilines is 2. The Kier molecular flexibility index (Phi) is 5.78. The van der Waals surface area contributed by atoms with Gasteiger partial charge >= 0.3 is 0 Å². The first-order valence-electron chi connectivity index (χ1n) is 7.94. The highest BCUT2D eigenvalue weighted by molar-refractivity contribution is 5.94. The quantitative estimate of drug-likeness (QED) is 0.708. The van der Waals surface area contributed by atoms with Crippen LogP contribution in [-0.2, 0) is 14.4 Å². The zero-order chi connectivity index (χ0) is 17.7. The summed E-state index contributed by atoms with van der Waals surface area (Å²) in [5, 5.41) is 8.16. The smallest absolute Gasteiger partial charge is 0.226 e. The van der Waals surface area contributed by atoms with Gasteiger partial charge in [0.15, 0.2) is 0 Å². The number of hydrogen-bond donors (Lipinski definition) is 3. The standard InChI is InChI=1S/C17H23N3O4/c1-10-8-13(10)17(23)18-7-6-16(22)20-12-4-5-14(19-11(2)21)15(9-12)24-3/h4-5,9-10,13H,6-8H2,1-3H3,(H,18,23)(H,19,21)(H,20,22)/t10-,13+/m1/s1. The van der Waals surface area contributed by atoms with E-state index in [1.165, 1.54) is 14.0 Å². The van der Waals surface area contributed by atoms with Gasteiger partial charge in [-0.2, -0.15) is 0 Å². The molecule has 0 radical (unpaired) electrons. The molecule has 0 spiro atoms. The largest absolute Gasteiger partial charge is 0.494 e. The summed E-state index contributed by atoms with van der Waals surface area (Å²) in [5.41, 5.74) is 1.10. The van der Waals surface area contributed by atoms with E-state index in [-0.39, 0.29) is 30.1 Å². The molecule has 7 nitrogen and oxygen atoms in total. The van der Waals surface area contributed by atoms with Crippen LogP contribution in [0, 0.1) is 11.8 Å². The summed E-state index contributed by atoms with van der Waals surface area (Å²) >= 11 is 0. The van der Waals surface area contributed by atoms with Crippen LogP contribution in [-0.4, -0.2) is 31.4 Å². The molecule has 0 unspecified atom stereocenters. The third kappa shape index (κ3) is 4.97. The van der Waals surface area contributed by atoms with Crippen LogP contribution in [0.25, 0.3) is 0 Å². The van der Waals surface area contributed by atoms with E-state index in [1.54, 1.807) is 18.2 Å². The normalized spacial score (nSPS) is 18.5. The van der Waals surface area contributed by atoms with Gasteiger partial charge < -0.3 is 20.7 Å². The Bertz CT molecular complexity index is 645. The number of hydrogen-bond acceptors (Lipinski definition) is 4. The predicted octanol–water partition coefficient (Wildman–Crippen LogP) is 1.75. The van der Waals surface area contributed by atoms with Crippen LogP contribution < -0.4 is 20.7 Å². The fourth-order valence-corrected chi connectivity index (χ4v) is 2.40. The summed E-state index contributed by atoms with van der Waals surface area (Å²) in [4.78, 5) is 34.7.